The van der Waals surface area contributed by atoms with Crippen molar-refractivity contribution in [1.29, 1.82) is 31.6 Å². The molecule has 0 N–H and O–H groups in total. The number of hydrogen-bond donors (Lipinski definition) is 0. The second-order valence-electron chi connectivity index (χ2n) is 18.7. The van der Waals surface area contributed by atoms with E-state index in [1.165, 1.54) is 6.07 Å². The monoisotopic (exact) mass is 1010 g/mol. The van der Waals surface area contributed by atoms with Gasteiger partial charge in [0.1, 0.15) is 11.6 Å². The highest BCUT2D eigenvalue weighted by molar-refractivity contribution is 6.14. The fourth-order valence-electron chi connectivity index (χ4n) is 10.7. The average molecular weight is 1010 g/mol. The maximum absolute atomic E-state index is 14.8. The largest absolute Gasteiger partial charge is 0.416 e. The van der Waals surface area contributed by atoms with E-state index in [0.717, 1.165) is 78.2 Å². The molecule has 2 heterocycles. The van der Waals surface area contributed by atoms with Gasteiger partial charge in [0.2, 0.25) is 0 Å². The van der Waals surface area contributed by atoms with Crippen LogP contribution in [0.5, 0.6) is 0 Å². The molecule has 0 saturated heterocycles. The predicted octanol–water partition coefficient (Wildman–Crippen LogP) is 16.5. The van der Waals surface area contributed by atoms with Crippen LogP contribution in [0.25, 0.3) is 111 Å². The summed E-state index contributed by atoms with van der Waals surface area (Å²) in [6, 6.07) is 72.5. The van der Waals surface area contributed by atoms with Crippen LogP contribution in [0.4, 0.5) is 13.2 Å². The molecule has 0 fully saturated rings. The summed E-state index contributed by atoms with van der Waals surface area (Å²) in [6.07, 6.45) is -4.82. The zero-order valence-electron chi connectivity index (χ0n) is 40.8. The Morgan fingerprint density at radius 1 is 0.308 bits per heavy atom. The Kier molecular flexibility index (Phi) is 11.4. The lowest BCUT2D eigenvalue weighted by atomic mass is 9.95. The summed E-state index contributed by atoms with van der Waals surface area (Å²) < 4.78 is 48.4. The molecule has 0 saturated carbocycles. The minimum Gasteiger partial charge on any atom is -0.308 e. The second kappa shape index (κ2) is 18.8. The van der Waals surface area contributed by atoms with E-state index in [1.54, 1.807) is 60.7 Å². The molecule has 11 heteroatoms. The highest BCUT2D eigenvalue weighted by Gasteiger charge is 2.33. The van der Waals surface area contributed by atoms with Gasteiger partial charge in [-0.3, -0.25) is 0 Å². The molecule has 2 aromatic heterocycles. The van der Waals surface area contributed by atoms with Crippen LogP contribution in [0.3, 0.4) is 0 Å². The molecule has 0 aliphatic heterocycles. The van der Waals surface area contributed by atoms with Crippen LogP contribution in [0, 0.1) is 68.0 Å². The number of nitrogens with zero attached hydrogens (tertiary/aromatic N) is 8. The number of fused-ring (bicyclic) bond motifs is 6. The molecule has 78 heavy (non-hydrogen) atoms. The van der Waals surface area contributed by atoms with Crippen molar-refractivity contribution in [2.24, 2.45) is 0 Å². The maximum Gasteiger partial charge on any atom is 0.416 e. The van der Waals surface area contributed by atoms with Crippen molar-refractivity contribution in [3.63, 3.8) is 0 Å². The molecule has 0 amide bonds. The first-order chi connectivity index (χ1) is 38.0. The van der Waals surface area contributed by atoms with E-state index in [0.29, 0.717) is 50.0 Å². The van der Waals surface area contributed by atoms with E-state index >= 15 is 0 Å². The van der Waals surface area contributed by atoms with Crippen LogP contribution >= 0.6 is 0 Å². The van der Waals surface area contributed by atoms with E-state index in [9.17, 15) is 44.7 Å². The van der Waals surface area contributed by atoms with E-state index in [-0.39, 0.29) is 27.9 Å². The topological polar surface area (TPSA) is 153 Å². The number of nitriles is 6. The van der Waals surface area contributed by atoms with Crippen molar-refractivity contribution in [3.05, 3.63) is 239 Å². The molecule has 0 unspecified atom stereocenters. The third kappa shape index (κ3) is 8.08. The molecular formula is C67H33F3N8. The summed E-state index contributed by atoms with van der Waals surface area (Å²) in [5.41, 5.74) is 10.7. The van der Waals surface area contributed by atoms with Crippen LogP contribution in [-0.4, -0.2) is 9.13 Å². The third-order valence-electron chi connectivity index (χ3n) is 14.3. The average Bonchev–Trinajstić information content (AvgIpc) is 4.20. The normalized spacial score (nSPS) is 11.2. The quantitative estimate of drug-likeness (QED) is 0.155. The molecule has 0 atom stereocenters. The smallest absolute Gasteiger partial charge is 0.308 e. The predicted molar refractivity (Wildman–Crippen MR) is 296 cm³/mol. The Bertz CT molecular complexity index is 4590. The minimum absolute atomic E-state index is 0.0556. The van der Waals surface area contributed by atoms with Gasteiger partial charge in [0, 0.05) is 27.1 Å². The van der Waals surface area contributed by atoms with E-state index in [2.05, 4.69) is 30.3 Å². The molecule has 0 aliphatic rings. The summed E-state index contributed by atoms with van der Waals surface area (Å²) >= 11 is 0. The highest BCUT2D eigenvalue weighted by Crippen LogP contribution is 2.46. The molecule has 362 valence electrons. The maximum atomic E-state index is 14.8. The summed E-state index contributed by atoms with van der Waals surface area (Å²) in [4.78, 5) is 0. The van der Waals surface area contributed by atoms with Gasteiger partial charge < -0.3 is 9.13 Å². The van der Waals surface area contributed by atoms with E-state index < -0.39 is 11.7 Å². The highest BCUT2D eigenvalue weighted by atomic mass is 19.4. The number of halogens is 3. The minimum atomic E-state index is -4.82. The Morgan fingerprint density at radius 3 is 1.00 bits per heavy atom. The molecule has 0 radical (unpaired) electrons. The summed E-state index contributed by atoms with van der Waals surface area (Å²) in [7, 11) is 0. The van der Waals surface area contributed by atoms with Crippen molar-refractivity contribution in [2.45, 2.75) is 6.18 Å². The van der Waals surface area contributed by atoms with Gasteiger partial charge in [-0.1, -0.05) is 78.9 Å². The number of rotatable bonds is 7. The van der Waals surface area contributed by atoms with E-state index in [4.69, 9.17) is 0 Å². The van der Waals surface area contributed by atoms with Crippen molar-refractivity contribution >= 4 is 43.6 Å². The second-order valence-corrected chi connectivity index (χ2v) is 18.7. The van der Waals surface area contributed by atoms with Crippen LogP contribution in [-0.2, 0) is 6.18 Å². The first-order valence-electron chi connectivity index (χ1n) is 24.4. The standard InChI is InChI=1S/C67H33F3N8/c68-67(69,70)54-28-44(38-75)27-53(29-54)55-17-22-65(77-61-18-13-49(45-9-1-5-40(23-45)34-71)30-56(61)57-31-50(14-19-62(57)77)46-10-2-6-41(24-46)35-72)60(39-76)66(55)78-63-20-15-51(47-11-3-7-42(25-47)36-73)32-58(63)59-33-52(16-21-64(59)78)48-12-4-8-43(26-48)37-74/h1-33H. The first kappa shape index (κ1) is 47.5. The summed E-state index contributed by atoms with van der Waals surface area (Å²) in [5, 5.41) is 64.5. The van der Waals surface area contributed by atoms with Crippen molar-refractivity contribution < 1.29 is 13.2 Å². The summed E-state index contributed by atoms with van der Waals surface area (Å²) in [6.45, 7) is 0. The number of aromatic nitrogens is 2. The number of hydrogen-bond acceptors (Lipinski definition) is 6. The lowest BCUT2D eigenvalue weighted by Gasteiger charge is -2.21. The van der Waals surface area contributed by atoms with Gasteiger partial charge in [0.15, 0.2) is 0 Å². The summed E-state index contributed by atoms with van der Waals surface area (Å²) in [5.74, 6) is 0. The number of benzene rings is 10. The first-order valence-corrected chi connectivity index (χ1v) is 24.4. The molecule has 12 rings (SSSR count). The van der Waals surface area contributed by atoms with Gasteiger partial charge >= 0.3 is 6.18 Å². The molecule has 8 nitrogen and oxygen atoms in total. The fourth-order valence-corrected chi connectivity index (χ4v) is 10.7. The molecular weight excluding hydrogens is 974 g/mol. The van der Waals surface area contributed by atoms with Gasteiger partial charge in [-0.2, -0.15) is 44.7 Å². The van der Waals surface area contributed by atoms with Crippen LogP contribution in [0.1, 0.15) is 38.9 Å². The Hall–Kier alpha value is -11.5. The van der Waals surface area contributed by atoms with Gasteiger partial charge in [-0.25, -0.2) is 0 Å². The molecule has 0 bridgehead atoms. The Labute approximate surface area is 444 Å². The van der Waals surface area contributed by atoms with Crippen LogP contribution < -0.4 is 0 Å². The van der Waals surface area contributed by atoms with Crippen LogP contribution in [0.2, 0.25) is 0 Å². The number of alkyl halides is 3. The van der Waals surface area contributed by atoms with E-state index in [1.807, 2.05) is 137 Å². The third-order valence-corrected chi connectivity index (χ3v) is 14.3. The fraction of sp³-hybridized carbons (Fsp3) is 0.0149. The SMILES string of the molecule is N#Cc1cccc(-c2ccc3c(c2)c2cc(-c4cccc(C#N)c4)ccc2n3-c2ccc(-c3cc(C#N)cc(C(F)(F)F)c3)c(-n3c4ccc(-c5cccc(C#N)c5)cc4c4cc(-c5cccc(C#N)c5)ccc43)c2C#N)c1. The lowest BCUT2D eigenvalue weighted by molar-refractivity contribution is -0.137. The molecule has 0 aliphatic carbocycles. The zero-order valence-corrected chi connectivity index (χ0v) is 40.8. The van der Waals surface area contributed by atoms with Crippen molar-refractivity contribution in [1.82, 2.24) is 9.13 Å². The van der Waals surface area contributed by atoms with Gasteiger partial charge in [-0.05, 0) is 171 Å². The van der Waals surface area contributed by atoms with Gasteiger partial charge in [-0.15, -0.1) is 0 Å². The molecule has 0 spiro atoms. The Balaban J connectivity index is 1.20. The van der Waals surface area contributed by atoms with Gasteiger partial charge in [0.05, 0.1) is 97.2 Å². The Morgan fingerprint density at radius 2 is 0.654 bits per heavy atom. The van der Waals surface area contributed by atoms with Crippen molar-refractivity contribution in [2.75, 3.05) is 0 Å². The van der Waals surface area contributed by atoms with Crippen molar-refractivity contribution in [3.8, 4) is 103 Å². The van der Waals surface area contributed by atoms with Gasteiger partial charge in [0.25, 0.3) is 0 Å². The zero-order chi connectivity index (χ0) is 53.8. The molecule has 10 aromatic carbocycles. The van der Waals surface area contributed by atoms with Crippen LogP contribution in [0.15, 0.2) is 200 Å². The lowest BCUT2D eigenvalue weighted by Crippen LogP contribution is -2.08. The molecule has 12 aromatic rings.